The summed E-state index contributed by atoms with van der Waals surface area (Å²) in [5, 5.41) is 7.58. The number of aromatic nitrogens is 1. The van der Waals surface area contributed by atoms with E-state index in [2.05, 4.69) is 186 Å². The third kappa shape index (κ3) is 3.43. The molecule has 10 aromatic rings. The van der Waals surface area contributed by atoms with E-state index in [1.807, 2.05) is 0 Å². The summed E-state index contributed by atoms with van der Waals surface area (Å²) in [4.78, 5) is 6.55. The molecule has 1 spiro atoms. The van der Waals surface area contributed by atoms with Crippen molar-refractivity contribution in [3.63, 3.8) is 0 Å². The molecule has 2 aliphatic heterocycles. The molecule has 1 aliphatic carbocycles. The maximum atomic E-state index is 3.91. The largest absolute Gasteiger partial charge is 0.354 e. The van der Waals surface area contributed by atoms with Crippen molar-refractivity contribution < 1.29 is 0 Å². The van der Waals surface area contributed by atoms with E-state index >= 15 is 0 Å². The second-order valence-electron chi connectivity index (χ2n) is 15.3. The van der Waals surface area contributed by atoms with Crippen molar-refractivity contribution in [2.45, 2.75) is 5.41 Å². The first kappa shape index (κ1) is 28.7. The summed E-state index contributed by atoms with van der Waals surface area (Å²) in [7, 11) is 0.844. The summed E-state index contributed by atoms with van der Waals surface area (Å²) >= 11 is 0. The van der Waals surface area contributed by atoms with Crippen molar-refractivity contribution >= 4 is 78.6 Å². The molecule has 9 aromatic carbocycles. The number of nitrogens with one attached hydrogen (secondary N) is 1. The summed E-state index contributed by atoms with van der Waals surface area (Å²) in [5.41, 5.74) is 19.2. The van der Waals surface area contributed by atoms with Crippen molar-refractivity contribution in [1.82, 2.24) is 4.98 Å². The van der Waals surface area contributed by atoms with Crippen molar-refractivity contribution in [2.24, 2.45) is 0 Å². The number of anilines is 3. The number of H-pyrrole nitrogens is 1. The average Bonchev–Trinajstić information content (AvgIpc) is 3.74. The molecular formula is C51H31BN2. The van der Waals surface area contributed by atoms with Gasteiger partial charge >= 0.3 is 0 Å². The molecule has 0 bridgehead atoms. The normalized spacial score (nSPS) is 14.2. The molecule has 0 amide bonds. The van der Waals surface area contributed by atoms with Gasteiger partial charge in [0.05, 0.1) is 16.6 Å². The number of hydrogen-bond donors (Lipinski definition) is 1. The second kappa shape index (κ2) is 10.2. The minimum absolute atomic E-state index is 0.421. The van der Waals surface area contributed by atoms with Gasteiger partial charge in [-0.05, 0) is 84.8 Å². The van der Waals surface area contributed by atoms with Crippen LogP contribution in [0, 0.1) is 0 Å². The number of hydrogen-bond acceptors (Lipinski definition) is 1. The Balaban J connectivity index is 1.14. The van der Waals surface area contributed by atoms with Gasteiger partial charge in [0, 0.05) is 38.6 Å². The van der Waals surface area contributed by atoms with E-state index in [9.17, 15) is 0 Å². The fourth-order valence-corrected chi connectivity index (χ4v) is 10.7. The second-order valence-corrected chi connectivity index (χ2v) is 15.3. The van der Waals surface area contributed by atoms with E-state index in [0.29, 0.717) is 0 Å². The molecule has 0 saturated heterocycles. The van der Waals surface area contributed by atoms with Crippen LogP contribution in [0.25, 0.3) is 65.6 Å². The Bertz CT molecular complexity index is 3230. The zero-order valence-electron chi connectivity index (χ0n) is 29.4. The number of nitrogens with zero attached hydrogens (tertiary/aromatic N) is 1. The van der Waals surface area contributed by atoms with Crippen LogP contribution in [0.15, 0.2) is 176 Å². The van der Waals surface area contributed by atoms with Crippen molar-refractivity contribution in [3.8, 4) is 22.3 Å². The Kier molecular flexibility index (Phi) is 5.42. The SMILES string of the molecule is B1c2cccc3c2N(c2ccccc2C32c3ccccc3-c3ccccc32)c2c1c(-c1cccc3c1[nH]c1cc4ccccc4cc13)cc1ccccc21. The van der Waals surface area contributed by atoms with Crippen LogP contribution < -0.4 is 15.8 Å². The van der Waals surface area contributed by atoms with E-state index < -0.39 is 5.41 Å². The lowest BCUT2D eigenvalue weighted by molar-refractivity contribution is 0.754. The lowest BCUT2D eigenvalue weighted by Crippen LogP contribution is -2.47. The van der Waals surface area contributed by atoms with E-state index in [1.165, 1.54) is 116 Å². The molecule has 1 aromatic heterocycles. The molecule has 3 heteroatoms. The first-order valence-corrected chi connectivity index (χ1v) is 19.0. The quantitative estimate of drug-likeness (QED) is 0.171. The minimum atomic E-state index is -0.421. The summed E-state index contributed by atoms with van der Waals surface area (Å²) < 4.78 is 0. The third-order valence-corrected chi connectivity index (χ3v) is 12.8. The van der Waals surface area contributed by atoms with Crippen LogP contribution in [0.1, 0.15) is 22.3 Å². The van der Waals surface area contributed by atoms with Gasteiger partial charge in [0.1, 0.15) is 0 Å². The molecule has 0 unspecified atom stereocenters. The van der Waals surface area contributed by atoms with E-state index in [4.69, 9.17) is 0 Å². The minimum Gasteiger partial charge on any atom is -0.354 e. The molecular weight excluding hydrogens is 651 g/mol. The van der Waals surface area contributed by atoms with Crippen molar-refractivity contribution in [2.75, 3.05) is 4.90 Å². The van der Waals surface area contributed by atoms with Gasteiger partial charge in [-0.25, -0.2) is 0 Å². The maximum absolute atomic E-state index is 3.91. The lowest BCUT2D eigenvalue weighted by Gasteiger charge is -2.48. The van der Waals surface area contributed by atoms with Gasteiger partial charge in [-0.3, -0.25) is 0 Å². The molecule has 2 nitrogen and oxygen atoms in total. The van der Waals surface area contributed by atoms with Crippen LogP contribution in [0.2, 0.25) is 0 Å². The van der Waals surface area contributed by atoms with Crippen LogP contribution in [-0.2, 0) is 5.41 Å². The van der Waals surface area contributed by atoms with Crippen LogP contribution in [-0.4, -0.2) is 12.3 Å². The Hall–Kier alpha value is -6.84. The zero-order valence-corrected chi connectivity index (χ0v) is 29.4. The average molecular weight is 683 g/mol. The molecule has 54 heavy (non-hydrogen) atoms. The van der Waals surface area contributed by atoms with Gasteiger partial charge in [-0.1, -0.05) is 157 Å². The predicted octanol–water partition coefficient (Wildman–Crippen LogP) is 11.1. The zero-order chi connectivity index (χ0) is 35.1. The predicted molar refractivity (Wildman–Crippen MR) is 228 cm³/mol. The number of para-hydroxylation sites is 3. The Morgan fingerprint density at radius 3 is 1.85 bits per heavy atom. The van der Waals surface area contributed by atoms with Gasteiger partial charge in [0.2, 0.25) is 0 Å². The molecule has 3 aliphatic rings. The fraction of sp³-hybridized carbons (Fsp3) is 0.0196. The van der Waals surface area contributed by atoms with E-state index in [0.717, 1.165) is 7.28 Å². The smallest absolute Gasteiger partial charge is 0.198 e. The van der Waals surface area contributed by atoms with E-state index in [1.54, 1.807) is 0 Å². The monoisotopic (exact) mass is 682 g/mol. The standard InChI is InChI=1S/C51H31BN2/c1-2-14-31-29-45-38(27-30(31)13-1)36-19-11-20-37(48(36)53-45)39-28-32-15-3-4-16-33(32)49-47(39)52-44-25-12-24-43-50(44)54(49)46-26-10-9-23-42(46)51(43)40-21-7-5-17-34(40)35-18-6-8-22-41(35)51/h1-29,52-53H. The van der Waals surface area contributed by atoms with Crippen LogP contribution in [0.5, 0.6) is 0 Å². The highest BCUT2D eigenvalue weighted by Gasteiger charge is 2.53. The van der Waals surface area contributed by atoms with Gasteiger partial charge in [-0.2, -0.15) is 0 Å². The number of aromatic amines is 1. The molecule has 248 valence electrons. The summed E-state index contributed by atoms with van der Waals surface area (Å²) in [6.07, 6.45) is 0. The number of rotatable bonds is 1. The molecule has 0 atom stereocenters. The molecule has 13 rings (SSSR count). The molecule has 0 radical (unpaired) electrons. The van der Waals surface area contributed by atoms with Gasteiger partial charge in [-0.15, -0.1) is 0 Å². The molecule has 1 N–H and O–H groups in total. The summed E-state index contributed by atoms with van der Waals surface area (Å²) in [6.45, 7) is 0. The molecule has 3 heterocycles. The Labute approximate surface area is 313 Å². The van der Waals surface area contributed by atoms with Crippen LogP contribution in [0.3, 0.4) is 0 Å². The third-order valence-electron chi connectivity index (χ3n) is 12.8. The highest BCUT2D eigenvalue weighted by atomic mass is 15.2. The fourth-order valence-electron chi connectivity index (χ4n) is 10.7. The van der Waals surface area contributed by atoms with E-state index in [-0.39, 0.29) is 0 Å². The Morgan fingerprint density at radius 2 is 1.04 bits per heavy atom. The van der Waals surface area contributed by atoms with Gasteiger partial charge < -0.3 is 9.88 Å². The van der Waals surface area contributed by atoms with Gasteiger partial charge in [0.25, 0.3) is 0 Å². The topological polar surface area (TPSA) is 19.0 Å². The Morgan fingerprint density at radius 1 is 0.426 bits per heavy atom. The summed E-state index contributed by atoms with van der Waals surface area (Å²) in [5.74, 6) is 0. The number of benzene rings is 9. The van der Waals surface area contributed by atoms with Crippen LogP contribution in [0.4, 0.5) is 17.1 Å². The number of fused-ring (bicyclic) bond motifs is 17. The van der Waals surface area contributed by atoms with Crippen LogP contribution >= 0.6 is 0 Å². The van der Waals surface area contributed by atoms with Gasteiger partial charge in [0.15, 0.2) is 7.28 Å². The maximum Gasteiger partial charge on any atom is 0.198 e. The van der Waals surface area contributed by atoms with Crippen molar-refractivity contribution in [1.29, 1.82) is 0 Å². The first-order valence-electron chi connectivity index (χ1n) is 19.0. The van der Waals surface area contributed by atoms with Crippen molar-refractivity contribution in [3.05, 3.63) is 198 Å². The molecule has 0 fully saturated rings. The highest BCUT2D eigenvalue weighted by Crippen LogP contribution is 2.63. The lowest BCUT2D eigenvalue weighted by atomic mass is 9.54. The first-order chi connectivity index (χ1) is 26.8. The summed E-state index contributed by atoms with van der Waals surface area (Å²) in [6, 6.07) is 66.1. The highest BCUT2D eigenvalue weighted by molar-refractivity contribution is 6.74. The molecule has 0 saturated carbocycles.